The Kier molecular flexibility index (Phi) is 10.6. The summed E-state index contributed by atoms with van der Waals surface area (Å²) in [6, 6.07) is 1.12. The van der Waals surface area contributed by atoms with E-state index in [1.54, 1.807) is 7.11 Å². The molecule has 0 aliphatic carbocycles. The second-order valence-corrected chi connectivity index (χ2v) is 8.37. The Hall–Kier alpha value is -2.49. The minimum Gasteiger partial charge on any atom is -0.382 e. The number of hydrogen-bond donors (Lipinski definition) is 0. The predicted molar refractivity (Wildman–Crippen MR) is 125 cm³/mol. The number of methoxy groups -OCH3 is 1. The zero-order valence-electron chi connectivity index (χ0n) is 20.2. The molecule has 3 atom stereocenters. The molecule has 0 bridgehead atoms. The first-order chi connectivity index (χ1) is 16.2. The van der Waals surface area contributed by atoms with Gasteiger partial charge < -0.3 is 23.3 Å². The van der Waals surface area contributed by atoms with Crippen LogP contribution in [0.1, 0.15) is 51.2 Å². The molecule has 9 nitrogen and oxygen atoms in total. The maximum absolute atomic E-state index is 5.68. The van der Waals surface area contributed by atoms with Gasteiger partial charge in [0, 0.05) is 50.4 Å². The molecule has 182 valence electrons. The maximum atomic E-state index is 5.68. The van der Waals surface area contributed by atoms with Crippen molar-refractivity contribution < 1.29 is 18.8 Å². The molecule has 3 aromatic rings. The Bertz CT molecular complexity index is 865. The van der Waals surface area contributed by atoms with Crippen LogP contribution in [0.15, 0.2) is 56.2 Å². The van der Waals surface area contributed by atoms with Crippen LogP contribution in [0.4, 0.5) is 0 Å². The highest BCUT2D eigenvalue weighted by Gasteiger charge is 2.23. The Morgan fingerprint density at radius 3 is 2.12 bits per heavy atom. The van der Waals surface area contributed by atoms with Crippen molar-refractivity contribution in [2.75, 3.05) is 40.1 Å². The first-order valence-corrected chi connectivity index (χ1v) is 11.9. The summed E-state index contributed by atoms with van der Waals surface area (Å²) in [5.74, 6) is 0. The summed E-state index contributed by atoms with van der Waals surface area (Å²) in [6.07, 6.45) is 21.3. The molecule has 0 radical (unpaired) electrons. The quantitative estimate of drug-likeness (QED) is 0.229. The molecule has 33 heavy (non-hydrogen) atoms. The maximum Gasteiger partial charge on any atom is 0.244 e. The van der Waals surface area contributed by atoms with Crippen LogP contribution in [0.3, 0.4) is 0 Å². The fourth-order valence-corrected chi connectivity index (χ4v) is 4.08. The number of ether oxygens (including phenoxy) is 3. The molecule has 0 saturated heterocycles. The minimum absolute atomic E-state index is 0.354. The van der Waals surface area contributed by atoms with E-state index in [1.165, 1.54) is 0 Å². The molecule has 0 aliphatic heterocycles. The molecule has 0 spiro atoms. The molecule has 3 unspecified atom stereocenters. The normalized spacial score (nSPS) is 14.4. The fraction of sp³-hybridized carbons (Fsp3) is 0.625. The van der Waals surface area contributed by atoms with Crippen molar-refractivity contribution in [3.63, 3.8) is 0 Å². The van der Waals surface area contributed by atoms with E-state index in [2.05, 4.69) is 73.2 Å². The average molecular weight is 460 g/mol. The zero-order valence-corrected chi connectivity index (χ0v) is 20.2. The lowest BCUT2D eigenvalue weighted by Gasteiger charge is -2.26. The van der Waals surface area contributed by atoms with Gasteiger partial charge in [-0.25, -0.2) is 19.1 Å². The molecule has 3 aromatic heterocycles. The van der Waals surface area contributed by atoms with Crippen LogP contribution < -0.4 is 4.57 Å². The van der Waals surface area contributed by atoms with Crippen molar-refractivity contribution >= 4 is 0 Å². The molecular formula is C24H39N6O3+. The van der Waals surface area contributed by atoms with Gasteiger partial charge in [-0.1, -0.05) is 6.92 Å². The second-order valence-electron chi connectivity index (χ2n) is 8.37. The van der Waals surface area contributed by atoms with E-state index < -0.39 is 0 Å². The van der Waals surface area contributed by atoms with Gasteiger partial charge >= 0.3 is 0 Å². The van der Waals surface area contributed by atoms with Crippen LogP contribution in [0, 0.1) is 0 Å². The lowest BCUT2D eigenvalue weighted by molar-refractivity contribution is -0.698. The van der Waals surface area contributed by atoms with E-state index in [1.807, 2.05) is 25.0 Å². The van der Waals surface area contributed by atoms with Crippen LogP contribution in [-0.2, 0) is 20.8 Å². The van der Waals surface area contributed by atoms with Crippen molar-refractivity contribution in [3.8, 4) is 0 Å². The van der Waals surface area contributed by atoms with Crippen LogP contribution in [0.2, 0.25) is 0 Å². The van der Waals surface area contributed by atoms with Gasteiger partial charge in [0.05, 0.1) is 51.7 Å². The lowest BCUT2D eigenvalue weighted by Crippen LogP contribution is -2.34. The number of hydrogen-bond acceptors (Lipinski definition) is 5. The number of imidazole rings is 3. The van der Waals surface area contributed by atoms with Crippen LogP contribution in [0.25, 0.3) is 0 Å². The third-order valence-electron chi connectivity index (χ3n) is 6.04. The van der Waals surface area contributed by atoms with Crippen LogP contribution >= 0.6 is 0 Å². The highest BCUT2D eigenvalue weighted by atomic mass is 16.5. The Balaban J connectivity index is 1.49. The van der Waals surface area contributed by atoms with Gasteiger partial charge in [0.1, 0.15) is 18.9 Å². The molecule has 0 aliphatic rings. The summed E-state index contributed by atoms with van der Waals surface area (Å²) in [5, 5.41) is 0. The van der Waals surface area contributed by atoms with Crippen molar-refractivity contribution in [3.05, 3.63) is 56.2 Å². The summed E-state index contributed by atoms with van der Waals surface area (Å²) in [4.78, 5) is 8.54. The van der Waals surface area contributed by atoms with Gasteiger partial charge in [0.2, 0.25) is 6.33 Å². The minimum atomic E-state index is 0.354. The largest absolute Gasteiger partial charge is 0.382 e. The topological polar surface area (TPSA) is 72.1 Å². The van der Waals surface area contributed by atoms with Gasteiger partial charge in [0.25, 0.3) is 0 Å². The smallest absolute Gasteiger partial charge is 0.244 e. The Morgan fingerprint density at radius 1 is 0.818 bits per heavy atom. The summed E-state index contributed by atoms with van der Waals surface area (Å²) >= 11 is 0. The first kappa shape index (κ1) is 25.1. The van der Waals surface area contributed by atoms with E-state index in [0.29, 0.717) is 51.2 Å². The monoisotopic (exact) mass is 459 g/mol. The van der Waals surface area contributed by atoms with Gasteiger partial charge in [-0.15, -0.1) is 0 Å². The summed E-state index contributed by atoms with van der Waals surface area (Å²) in [7, 11) is 1.67. The third-order valence-corrected chi connectivity index (χ3v) is 6.04. The third kappa shape index (κ3) is 8.10. The van der Waals surface area contributed by atoms with Gasteiger partial charge in [-0.3, -0.25) is 0 Å². The highest BCUT2D eigenvalue weighted by Crippen LogP contribution is 2.30. The molecule has 0 saturated carbocycles. The molecule has 0 N–H and O–H groups in total. The zero-order chi connectivity index (χ0) is 23.3. The van der Waals surface area contributed by atoms with Crippen LogP contribution in [0.5, 0.6) is 0 Å². The Morgan fingerprint density at radius 2 is 1.48 bits per heavy atom. The molecule has 3 heterocycles. The predicted octanol–water partition coefficient (Wildman–Crippen LogP) is 3.08. The number of aromatic nitrogens is 6. The molecule has 9 heteroatoms. The van der Waals surface area contributed by atoms with Gasteiger partial charge in [0.15, 0.2) is 0 Å². The Labute approximate surface area is 196 Å². The standard InChI is InChI=1S/C24H39N6O3/c1-4-23(28-7-5-25-19-28)18-24(29-8-6-26-20-29)17-22(2)30-10-9-27(21-30)11-12-32-15-16-33-14-13-31-3/h5-10,19-24H,4,11-18H2,1-3H3/q+1. The average Bonchev–Trinajstić information content (AvgIpc) is 3.61. The lowest BCUT2D eigenvalue weighted by atomic mass is 9.98. The van der Waals surface area contributed by atoms with Gasteiger partial charge in [-0.2, -0.15) is 0 Å². The summed E-state index contributed by atoms with van der Waals surface area (Å²) in [6.45, 7) is 8.42. The van der Waals surface area contributed by atoms with E-state index in [-0.39, 0.29) is 0 Å². The van der Waals surface area contributed by atoms with Crippen molar-refractivity contribution in [1.82, 2.24) is 23.7 Å². The van der Waals surface area contributed by atoms with E-state index in [9.17, 15) is 0 Å². The molecular weight excluding hydrogens is 420 g/mol. The van der Waals surface area contributed by atoms with Crippen molar-refractivity contribution in [2.45, 2.75) is 57.8 Å². The highest BCUT2D eigenvalue weighted by molar-refractivity contribution is 4.88. The van der Waals surface area contributed by atoms with E-state index in [0.717, 1.165) is 25.8 Å². The SMILES string of the molecule is CCC(CC(CC(C)n1cc[n+](CCOCCOCCOC)c1)n1ccnc1)n1ccnc1. The molecule has 3 rings (SSSR count). The van der Waals surface area contributed by atoms with Crippen LogP contribution in [-0.4, -0.2) is 63.8 Å². The summed E-state index contributed by atoms with van der Waals surface area (Å²) < 4.78 is 25.0. The van der Waals surface area contributed by atoms with E-state index >= 15 is 0 Å². The van der Waals surface area contributed by atoms with E-state index in [4.69, 9.17) is 14.2 Å². The molecule has 0 fully saturated rings. The summed E-state index contributed by atoms with van der Waals surface area (Å²) in [5.41, 5.74) is 0. The number of rotatable bonds is 17. The molecule has 0 amide bonds. The first-order valence-electron chi connectivity index (χ1n) is 11.9. The molecule has 0 aromatic carbocycles. The van der Waals surface area contributed by atoms with Crippen molar-refractivity contribution in [1.29, 1.82) is 0 Å². The van der Waals surface area contributed by atoms with Gasteiger partial charge in [-0.05, 0) is 19.8 Å². The fourth-order valence-electron chi connectivity index (χ4n) is 4.08. The number of nitrogens with zero attached hydrogens (tertiary/aromatic N) is 6. The second kappa shape index (κ2) is 13.9. The van der Waals surface area contributed by atoms with Crippen molar-refractivity contribution in [2.24, 2.45) is 0 Å².